The molecule has 0 spiro atoms. The number of methoxy groups -OCH3 is 1. The molecule has 2 heterocycles. The highest BCUT2D eigenvalue weighted by Gasteiger charge is 2.32. The van der Waals surface area contributed by atoms with E-state index in [9.17, 15) is 4.79 Å². The Morgan fingerprint density at radius 2 is 2.22 bits per heavy atom. The Bertz CT molecular complexity index is 914. The molecule has 5 nitrogen and oxygen atoms in total. The number of fused-ring (bicyclic) bond motifs is 1. The van der Waals surface area contributed by atoms with Crippen LogP contribution in [0.3, 0.4) is 0 Å². The number of carbonyl (C=O) groups excluding carboxylic acids is 1. The van der Waals surface area contributed by atoms with E-state index in [1.807, 2.05) is 0 Å². The number of amides is 1. The summed E-state index contributed by atoms with van der Waals surface area (Å²) in [6.07, 6.45) is 2.95. The molecule has 0 N–H and O–H groups in total. The summed E-state index contributed by atoms with van der Waals surface area (Å²) in [6.45, 7) is 7.81. The van der Waals surface area contributed by atoms with Gasteiger partial charge in [-0.25, -0.2) is 0 Å². The molecule has 1 aliphatic heterocycles. The summed E-state index contributed by atoms with van der Waals surface area (Å²) < 4.78 is 13.4. The standard InChI is InChI=1S/C20H25ClN2O3S/c1-5-6-10-23-15-9-11-26-20(2,3)17(15)27-19(23)22-18(24)14-12-13(21)7-8-16(14)25-4/h7-8,12H,5-6,9-11H2,1-4H3. The molecule has 1 aromatic carbocycles. The number of unbranched alkanes of at least 4 members (excludes halogenated alkanes) is 1. The van der Waals surface area contributed by atoms with Crippen LogP contribution in [0.1, 0.15) is 54.5 Å². The first kappa shape index (κ1) is 20.1. The van der Waals surface area contributed by atoms with Gasteiger partial charge < -0.3 is 14.0 Å². The average molecular weight is 409 g/mol. The van der Waals surface area contributed by atoms with Gasteiger partial charge in [-0.05, 0) is 38.5 Å². The first-order chi connectivity index (χ1) is 12.9. The van der Waals surface area contributed by atoms with Gasteiger partial charge in [-0.2, -0.15) is 4.99 Å². The number of benzene rings is 1. The molecule has 0 aliphatic carbocycles. The zero-order chi connectivity index (χ0) is 19.6. The van der Waals surface area contributed by atoms with Gasteiger partial charge in [0.05, 0.1) is 29.8 Å². The molecule has 0 unspecified atom stereocenters. The number of hydrogen-bond acceptors (Lipinski definition) is 4. The molecule has 0 bridgehead atoms. The Balaban J connectivity index is 2.11. The molecule has 1 amide bonds. The fourth-order valence-corrected chi connectivity index (χ4v) is 4.68. The number of rotatable bonds is 5. The van der Waals surface area contributed by atoms with Crippen LogP contribution >= 0.6 is 22.9 Å². The van der Waals surface area contributed by atoms with Crippen molar-refractivity contribution in [3.8, 4) is 5.75 Å². The molecule has 146 valence electrons. The van der Waals surface area contributed by atoms with E-state index in [0.29, 0.717) is 27.7 Å². The van der Waals surface area contributed by atoms with Crippen molar-refractivity contribution >= 4 is 28.8 Å². The molecule has 1 aromatic heterocycles. The zero-order valence-corrected chi connectivity index (χ0v) is 17.7. The van der Waals surface area contributed by atoms with Gasteiger partial charge in [0.15, 0.2) is 4.80 Å². The predicted octanol–water partition coefficient (Wildman–Crippen LogP) is 4.56. The van der Waals surface area contributed by atoms with E-state index >= 15 is 0 Å². The van der Waals surface area contributed by atoms with Gasteiger partial charge in [-0.15, -0.1) is 0 Å². The molecular formula is C20H25ClN2O3S. The Kier molecular flexibility index (Phi) is 6.08. The van der Waals surface area contributed by atoms with Crippen LogP contribution in [0.4, 0.5) is 0 Å². The van der Waals surface area contributed by atoms with Gasteiger partial charge in [0.25, 0.3) is 5.91 Å². The highest BCUT2D eigenvalue weighted by molar-refractivity contribution is 7.09. The third-order valence-corrected chi connectivity index (χ3v) is 6.35. The maximum Gasteiger partial charge on any atom is 0.283 e. The molecule has 3 rings (SSSR count). The number of aromatic nitrogens is 1. The van der Waals surface area contributed by atoms with Gasteiger partial charge in [0.2, 0.25) is 0 Å². The maximum atomic E-state index is 12.9. The summed E-state index contributed by atoms with van der Waals surface area (Å²) in [6, 6.07) is 4.98. The number of halogens is 1. The summed E-state index contributed by atoms with van der Waals surface area (Å²) >= 11 is 7.61. The van der Waals surface area contributed by atoms with Crippen molar-refractivity contribution in [2.45, 2.75) is 52.2 Å². The lowest BCUT2D eigenvalue weighted by molar-refractivity contribution is -0.0299. The zero-order valence-electron chi connectivity index (χ0n) is 16.2. The fraction of sp³-hybridized carbons (Fsp3) is 0.500. The number of ether oxygens (including phenoxy) is 2. The molecule has 0 saturated carbocycles. The summed E-state index contributed by atoms with van der Waals surface area (Å²) in [5.41, 5.74) is 1.24. The number of nitrogens with zero attached hydrogens (tertiary/aromatic N) is 2. The van der Waals surface area contributed by atoms with Crippen LogP contribution in [0.25, 0.3) is 0 Å². The van der Waals surface area contributed by atoms with Crippen molar-refractivity contribution in [1.82, 2.24) is 4.57 Å². The second-order valence-corrected chi connectivity index (χ2v) is 8.45. The molecular weight excluding hydrogens is 384 g/mol. The van der Waals surface area contributed by atoms with Gasteiger partial charge in [0, 0.05) is 23.7 Å². The van der Waals surface area contributed by atoms with E-state index in [2.05, 4.69) is 30.3 Å². The van der Waals surface area contributed by atoms with E-state index in [1.54, 1.807) is 18.2 Å². The largest absolute Gasteiger partial charge is 0.496 e. The SMILES string of the molecule is CCCCn1c2c(sc1=NC(=O)c1cc(Cl)ccc1OC)C(C)(C)OCC2. The van der Waals surface area contributed by atoms with Gasteiger partial charge in [0.1, 0.15) is 5.75 Å². The van der Waals surface area contributed by atoms with Gasteiger partial charge >= 0.3 is 0 Å². The third kappa shape index (κ3) is 4.13. The highest BCUT2D eigenvalue weighted by atomic mass is 35.5. The summed E-state index contributed by atoms with van der Waals surface area (Å²) in [5, 5.41) is 0.480. The maximum absolute atomic E-state index is 12.9. The predicted molar refractivity (Wildman–Crippen MR) is 108 cm³/mol. The molecule has 0 fully saturated rings. The van der Waals surface area contributed by atoms with Crippen molar-refractivity contribution in [2.24, 2.45) is 4.99 Å². The summed E-state index contributed by atoms with van der Waals surface area (Å²) in [5.74, 6) is 0.121. The Hall–Kier alpha value is -1.63. The Labute approximate surface area is 168 Å². The molecule has 0 saturated heterocycles. The Morgan fingerprint density at radius 1 is 1.44 bits per heavy atom. The second kappa shape index (κ2) is 8.17. The van der Waals surface area contributed by atoms with Crippen LogP contribution in [0.5, 0.6) is 5.75 Å². The molecule has 27 heavy (non-hydrogen) atoms. The van der Waals surface area contributed by atoms with Crippen molar-refractivity contribution in [3.05, 3.63) is 44.2 Å². The second-order valence-electron chi connectivity index (χ2n) is 7.04. The fourth-order valence-electron chi connectivity index (χ4n) is 3.26. The summed E-state index contributed by atoms with van der Waals surface area (Å²) in [7, 11) is 1.53. The minimum atomic E-state index is -0.364. The van der Waals surface area contributed by atoms with Crippen LogP contribution in [-0.4, -0.2) is 24.2 Å². The quantitative estimate of drug-likeness (QED) is 0.728. The minimum absolute atomic E-state index is 0.350. The molecule has 0 radical (unpaired) electrons. The van der Waals surface area contributed by atoms with Gasteiger partial charge in [-0.1, -0.05) is 36.3 Å². The summed E-state index contributed by atoms with van der Waals surface area (Å²) in [4.78, 5) is 19.2. The smallest absolute Gasteiger partial charge is 0.283 e. The third-order valence-electron chi connectivity index (χ3n) is 4.69. The van der Waals surface area contributed by atoms with E-state index in [1.165, 1.54) is 24.1 Å². The number of hydrogen-bond donors (Lipinski definition) is 0. The van der Waals surface area contributed by atoms with E-state index in [-0.39, 0.29) is 11.5 Å². The molecule has 0 atom stereocenters. The van der Waals surface area contributed by atoms with E-state index < -0.39 is 0 Å². The average Bonchev–Trinajstić information content (AvgIpc) is 2.98. The van der Waals surface area contributed by atoms with Crippen LogP contribution < -0.4 is 9.54 Å². The first-order valence-electron chi connectivity index (χ1n) is 9.17. The monoisotopic (exact) mass is 408 g/mol. The molecule has 2 aromatic rings. The molecule has 1 aliphatic rings. The lowest BCUT2D eigenvalue weighted by atomic mass is 10.0. The normalized spacial score (nSPS) is 16.3. The topological polar surface area (TPSA) is 52.8 Å². The van der Waals surface area contributed by atoms with Crippen molar-refractivity contribution in [2.75, 3.05) is 13.7 Å². The molecule has 7 heteroatoms. The lowest BCUT2D eigenvalue weighted by Gasteiger charge is -2.30. The highest BCUT2D eigenvalue weighted by Crippen LogP contribution is 2.35. The van der Waals surface area contributed by atoms with Crippen LogP contribution in [0, 0.1) is 0 Å². The van der Waals surface area contributed by atoms with E-state index in [0.717, 1.165) is 30.7 Å². The van der Waals surface area contributed by atoms with Crippen LogP contribution in [0.2, 0.25) is 5.02 Å². The number of thiazole rings is 1. The van der Waals surface area contributed by atoms with Crippen molar-refractivity contribution < 1.29 is 14.3 Å². The number of carbonyl (C=O) groups is 1. The van der Waals surface area contributed by atoms with E-state index in [4.69, 9.17) is 21.1 Å². The first-order valence-corrected chi connectivity index (χ1v) is 10.4. The van der Waals surface area contributed by atoms with Crippen molar-refractivity contribution in [3.63, 3.8) is 0 Å². The van der Waals surface area contributed by atoms with Gasteiger partial charge in [-0.3, -0.25) is 4.79 Å². The Morgan fingerprint density at radius 3 is 2.93 bits per heavy atom. The van der Waals surface area contributed by atoms with Crippen LogP contribution in [0.15, 0.2) is 23.2 Å². The minimum Gasteiger partial charge on any atom is -0.496 e. The van der Waals surface area contributed by atoms with Crippen LogP contribution in [-0.2, 0) is 23.3 Å². The van der Waals surface area contributed by atoms with Crippen molar-refractivity contribution in [1.29, 1.82) is 0 Å². The lowest BCUT2D eigenvalue weighted by Crippen LogP contribution is -2.30.